The van der Waals surface area contributed by atoms with Crippen LogP contribution in [0.25, 0.3) is 11.1 Å². The van der Waals surface area contributed by atoms with Gasteiger partial charge in [-0.15, -0.1) is 0 Å². The lowest BCUT2D eigenvalue weighted by atomic mass is 9.91. The number of nitriles is 1. The molecule has 4 aromatic rings. The average Bonchev–Trinajstić information content (AvgIpc) is 3.17. The molecule has 1 N–H and O–H groups in total. The zero-order valence-electron chi connectivity index (χ0n) is 33.6. The van der Waals surface area contributed by atoms with Gasteiger partial charge >= 0.3 is 12.1 Å². The van der Waals surface area contributed by atoms with Crippen molar-refractivity contribution >= 4 is 29.6 Å². The van der Waals surface area contributed by atoms with Gasteiger partial charge < -0.3 is 29.1 Å². The van der Waals surface area contributed by atoms with Crippen LogP contribution in [-0.2, 0) is 29.3 Å². The maximum absolute atomic E-state index is 13.3. The number of carbonyl (C=O) groups excluding carboxylic acids is 2. The summed E-state index contributed by atoms with van der Waals surface area (Å²) in [5.41, 5.74) is 6.38. The maximum atomic E-state index is 13.3. The molecule has 5 rings (SSSR count). The molecule has 0 unspecified atom stereocenters. The van der Waals surface area contributed by atoms with E-state index in [-0.39, 0.29) is 45.3 Å². The Kier molecular flexibility index (Phi) is 13.8. The summed E-state index contributed by atoms with van der Waals surface area (Å²) in [5.74, 6) is -0.308. The molecule has 1 fully saturated rings. The number of carboxylic acid groups (broad SMARTS) is 1. The van der Waals surface area contributed by atoms with Gasteiger partial charge in [-0.25, -0.2) is 4.79 Å². The minimum Gasteiger partial charge on any atom is -0.488 e. The van der Waals surface area contributed by atoms with Crippen LogP contribution in [0, 0.1) is 25.2 Å². The van der Waals surface area contributed by atoms with Crippen LogP contribution in [0.5, 0.6) is 11.5 Å². The largest absolute Gasteiger partial charge is 0.488 e. The summed E-state index contributed by atoms with van der Waals surface area (Å²) < 4.78 is 18.2. The number of piperazine rings is 1. The van der Waals surface area contributed by atoms with E-state index < -0.39 is 23.7 Å². The number of carboxylic acids is 1. The number of aliphatic carboxylic acids is 1. The molecule has 57 heavy (non-hydrogen) atoms. The van der Waals surface area contributed by atoms with Crippen LogP contribution in [0.1, 0.15) is 78.4 Å². The van der Waals surface area contributed by atoms with Gasteiger partial charge in [-0.3, -0.25) is 19.5 Å². The number of ether oxygens (including phenoxy) is 3. The van der Waals surface area contributed by atoms with Crippen molar-refractivity contribution in [1.82, 2.24) is 19.7 Å². The van der Waals surface area contributed by atoms with Crippen molar-refractivity contribution in [2.75, 3.05) is 32.7 Å². The van der Waals surface area contributed by atoms with Gasteiger partial charge in [0.15, 0.2) is 0 Å². The van der Waals surface area contributed by atoms with Gasteiger partial charge in [0.2, 0.25) is 0 Å². The van der Waals surface area contributed by atoms with Gasteiger partial charge in [0.05, 0.1) is 17.1 Å². The Bertz CT molecular complexity index is 2160. The molecule has 12 nitrogen and oxygen atoms in total. The second-order valence-corrected chi connectivity index (χ2v) is 15.4. The quantitative estimate of drug-likeness (QED) is 0.141. The highest BCUT2D eigenvalue weighted by atomic mass is 35.5. The smallest absolute Gasteiger partial charge is 0.410 e. The first kappa shape index (κ1) is 42.5. The second-order valence-electron chi connectivity index (χ2n) is 15.0. The van der Waals surface area contributed by atoms with Crippen LogP contribution >= 0.6 is 11.6 Å². The SMILES string of the molecule is CCN(CC)C(=O)c1cccc(-c2cccc(COc3cc(OCc4cncc(C#N)c4)c(CN4CCN(C(=O)OC(C)(C)C)C[C@H]4C(=O)O)cc3Cl)c2C)c1C. The molecule has 300 valence electrons. The minimum absolute atomic E-state index is 0.00294. The van der Waals surface area contributed by atoms with Crippen molar-refractivity contribution in [3.8, 4) is 28.7 Å². The molecule has 1 aliphatic heterocycles. The summed E-state index contributed by atoms with van der Waals surface area (Å²) in [5, 5.41) is 19.9. The summed E-state index contributed by atoms with van der Waals surface area (Å²) in [6.07, 6.45) is 2.51. The third kappa shape index (κ3) is 10.4. The molecule has 13 heteroatoms. The third-order valence-corrected chi connectivity index (χ3v) is 10.3. The van der Waals surface area contributed by atoms with Crippen LogP contribution < -0.4 is 9.47 Å². The lowest BCUT2D eigenvalue weighted by Gasteiger charge is -2.39. The highest BCUT2D eigenvalue weighted by Crippen LogP contribution is 2.37. The molecule has 0 saturated carbocycles. The third-order valence-electron chi connectivity index (χ3n) is 9.97. The van der Waals surface area contributed by atoms with Crippen molar-refractivity contribution < 1.29 is 33.7 Å². The lowest BCUT2D eigenvalue weighted by molar-refractivity contribution is -0.145. The molecule has 0 aliphatic carbocycles. The number of benzene rings is 3. The van der Waals surface area contributed by atoms with E-state index in [2.05, 4.69) is 11.1 Å². The summed E-state index contributed by atoms with van der Waals surface area (Å²) in [6.45, 7) is 15.4. The Morgan fingerprint density at radius 1 is 0.930 bits per heavy atom. The minimum atomic E-state index is -1.08. The number of nitrogens with zero attached hydrogens (tertiary/aromatic N) is 5. The van der Waals surface area contributed by atoms with Crippen molar-refractivity contribution in [1.29, 1.82) is 5.26 Å². The van der Waals surface area contributed by atoms with Crippen molar-refractivity contribution in [3.05, 3.63) is 111 Å². The van der Waals surface area contributed by atoms with E-state index in [1.54, 1.807) is 50.1 Å². The van der Waals surface area contributed by atoms with Crippen molar-refractivity contribution in [2.24, 2.45) is 0 Å². The van der Waals surface area contributed by atoms with Crippen LogP contribution in [0.3, 0.4) is 0 Å². The number of aromatic nitrogens is 1. The standard InChI is InChI=1S/C44H50ClN5O7/c1-8-48(9-2)41(51)36-15-11-14-35(29(36)4)34-13-10-12-32(28(34)3)27-56-40-20-39(55-26-31-18-30(21-46)22-47-23-31)33(19-37(40)45)24-49-16-17-50(25-38(49)42(52)53)43(54)57-44(5,6)7/h10-15,18-20,22-23,38H,8-9,16-17,24-27H2,1-7H3,(H,52,53)/t38-/m0/s1. The number of hydrogen-bond donors (Lipinski definition) is 1. The first-order valence-corrected chi connectivity index (χ1v) is 19.4. The lowest BCUT2D eigenvalue weighted by Crippen LogP contribution is -2.57. The van der Waals surface area contributed by atoms with E-state index in [0.29, 0.717) is 51.9 Å². The summed E-state index contributed by atoms with van der Waals surface area (Å²) >= 11 is 6.88. The number of rotatable bonds is 13. The van der Waals surface area contributed by atoms with E-state index in [1.165, 1.54) is 11.1 Å². The molecule has 0 spiro atoms. The molecule has 3 aromatic carbocycles. The van der Waals surface area contributed by atoms with Gasteiger partial charge in [0.25, 0.3) is 5.91 Å². The first-order valence-electron chi connectivity index (χ1n) is 19.0. The molecule has 2 heterocycles. The van der Waals surface area contributed by atoms with Gasteiger partial charge in [0, 0.05) is 67.9 Å². The Morgan fingerprint density at radius 3 is 2.28 bits per heavy atom. The summed E-state index contributed by atoms with van der Waals surface area (Å²) in [4.78, 5) is 47.8. The molecular formula is C44H50ClN5O7. The zero-order chi connectivity index (χ0) is 41.4. The molecule has 0 radical (unpaired) electrons. The van der Waals surface area contributed by atoms with E-state index in [4.69, 9.17) is 25.8 Å². The number of halogens is 1. The molecule has 1 aromatic heterocycles. The number of carbonyl (C=O) groups is 3. The van der Waals surface area contributed by atoms with E-state index in [1.807, 2.05) is 69.0 Å². The number of hydrogen-bond acceptors (Lipinski definition) is 9. The number of amides is 2. The predicted molar refractivity (Wildman–Crippen MR) is 217 cm³/mol. The van der Waals surface area contributed by atoms with E-state index in [9.17, 15) is 24.8 Å². The van der Waals surface area contributed by atoms with Gasteiger partial charge in [0.1, 0.15) is 42.4 Å². The van der Waals surface area contributed by atoms with Crippen LogP contribution in [-0.4, -0.2) is 87.1 Å². The van der Waals surface area contributed by atoms with Crippen molar-refractivity contribution in [2.45, 2.75) is 79.9 Å². The van der Waals surface area contributed by atoms with Crippen LogP contribution in [0.4, 0.5) is 4.79 Å². The molecule has 1 aliphatic rings. The second kappa shape index (κ2) is 18.5. The fourth-order valence-electron chi connectivity index (χ4n) is 6.82. The average molecular weight is 796 g/mol. The normalized spacial score (nSPS) is 14.4. The molecule has 1 saturated heterocycles. The van der Waals surface area contributed by atoms with Gasteiger partial charge in [-0.2, -0.15) is 5.26 Å². The highest BCUT2D eigenvalue weighted by Gasteiger charge is 2.36. The monoisotopic (exact) mass is 795 g/mol. The Hall–Kier alpha value is -5.64. The highest BCUT2D eigenvalue weighted by molar-refractivity contribution is 6.32. The Balaban J connectivity index is 1.42. The fraction of sp³-hybridized carbons (Fsp3) is 0.386. The van der Waals surface area contributed by atoms with E-state index >= 15 is 0 Å². The Labute approximate surface area is 339 Å². The molecule has 2 amide bonds. The van der Waals surface area contributed by atoms with Crippen LogP contribution in [0.2, 0.25) is 5.02 Å². The zero-order valence-corrected chi connectivity index (χ0v) is 34.4. The first-order chi connectivity index (χ1) is 27.1. The van der Waals surface area contributed by atoms with Crippen LogP contribution in [0.15, 0.2) is 67.0 Å². The maximum Gasteiger partial charge on any atom is 0.410 e. The van der Waals surface area contributed by atoms with Gasteiger partial charge in [-0.1, -0.05) is 41.9 Å². The summed E-state index contributed by atoms with van der Waals surface area (Å²) in [6, 6.07) is 17.9. The summed E-state index contributed by atoms with van der Waals surface area (Å²) in [7, 11) is 0. The molecule has 1 atom stereocenters. The Morgan fingerprint density at radius 2 is 1.61 bits per heavy atom. The topological polar surface area (TPSA) is 146 Å². The molecular weight excluding hydrogens is 746 g/mol. The molecule has 0 bridgehead atoms. The van der Waals surface area contributed by atoms with Gasteiger partial charge in [-0.05, 0) is 94.5 Å². The van der Waals surface area contributed by atoms with E-state index in [0.717, 1.165) is 27.8 Å². The van der Waals surface area contributed by atoms with Crippen molar-refractivity contribution in [3.63, 3.8) is 0 Å². The predicted octanol–water partition coefficient (Wildman–Crippen LogP) is 8.04. The number of pyridine rings is 1. The fourth-order valence-corrected chi connectivity index (χ4v) is 7.06.